The van der Waals surface area contributed by atoms with Crippen LogP contribution in [0.15, 0.2) is 12.2 Å². The minimum atomic E-state index is -3.56. The molecule has 0 unspecified atom stereocenters. The summed E-state index contributed by atoms with van der Waals surface area (Å²) < 4.78 is 47.1. The number of halogens is 12. The predicted molar refractivity (Wildman–Crippen MR) is 111 cm³/mol. The van der Waals surface area contributed by atoms with Gasteiger partial charge in [-0.3, -0.25) is 0 Å². The molecule has 0 fully saturated rings. The molecule has 0 spiro atoms. The molecule has 0 amide bonds. The lowest BCUT2D eigenvalue weighted by atomic mass is 10.6. The lowest BCUT2D eigenvalue weighted by Gasteiger charge is -1.87. The zero-order valence-corrected chi connectivity index (χ0v) is 19.2. The summed E-state index contributed by atoms with van der Waals surface area (Å²) in [7, 11) is 0. The van der Waals surface area contributed by atoms with Gasteiger partial charge in [0, 0.05) is 40.7 Å². The molecule has 0 aromatic carbocycles. The van der Waals surface area contributed by atoms with Crippen LogP contribution in [0, 0.1) is 0 Å². The van der Waals surface area contributed by atoms with Crippen LogP contribution < -0.4 is 0 Å². The maximum absolute atomic E-state index is 10.6. The van der Waals surface area contributed by atoms with Gasteiger partial charge in [-0.05, 0) is 30.1 Å². The SMILES string of the molecule is CC(Cl)Cl.ClC/C=C/CCl.ClCCCl.FC(F)(Cl)Cl.[2H]C([2H])(Cl)C([2H])([2H])Cl. The van der Waals surface area contributed by atoms with Gasteiger partial charge in [0.1, 0.15) is 4.84 Å². The number of rotatable bonds is 4. The Hall–Kier alpha value is 2.50. The number of hydrogen-bond donors (Lipinski definition) is 0. The molecule has 0 nitrogen and oxygen atoms in total. The molecule has 12 heteroatoms. The van der Waals surface area contributed by atoms with Gasteiger partial charge in [0.15, 0.2) is 0 Å². The normalized spacial score (nSPS) is 13.3. The van der Waals surface area contributed by atoms with E-state index in [1.54, 1.807) is 6.92 Å². The molecule has 0 saturated heterocycles. The van der Waals surface area contributed by atoms with Crippen LogP contribution >= 0.6 is 116 Å². The van der Waals surface area contributed by atoms with E-state index in [-0.39, 0.29) is 4.84 Å². The van der Waals surface area contributed by atoms with Crippen LogP contribution in [0.5, 0.6) is 0 Å². The highest BCUT2D eigenvalue weighted by molar-refractivity contribution is 6.45. The molecule has 0 aliphatic carbocycles. The van der Waals surface area contributed by atoms with Crippen molar-refractivity contribution in [3.05, 3.63) is 12.2 Å². The monoisotopic (exact) mass is 542 g/mol. The van der Waals surface area contributed by atoms with Crippen molar-refractivity contribution in [1.82, 2.24) is 0 Å². The van der Waals surface area contributed by atoms with Crippen molar-refractivity contribution in [3.8, 4) is 0 Å². The minimum Gasteiger partial charge on any atom is -0.172 e. The van der Waals surface area contributed by atoms with Crippen LogP contribution in [0.1, 0.15) is 12.4 Å². The second kappa shape index (κ2) is 35.6. The summed E-state index contributed by atoms with van der Waals surface area (Å²) >= 11 is 48.3. The molecule has 0 rings (SSSR count). The second-order valence-electron chi connectivity index (χ2n) is 2.29. The third kappa shape index (κ3) is 220. The third-order valence-corrected chi connectivity index (χ3v) is 1.67. The van der Waals surface area contributed by atoms with Crippen molar-refractivity contribution < 1.29 is 14.3 Å². The summed E-state index contributed by atoms with van der Waals surface area (Å²) in [5.41, 5.74) is 0. The van der Waals surface area contributed by atoms with Gasteiger partial charge >= 0.3 is 4.84 Å². The standard InChI is InChI=1S/C4H6Cl2.3C2H4Cl2.CCl2F2/c5-3-1-2-4-6;1-2(3)4;2*3-1-2-4;2-1(3,4)5/h1-2H,3-4H2;2H,1H3;2*1-2H2;/b2-1+;;;;/i;;1D2,2D2;;. The fourth-order valence-electron chi connectivity index (χ4n) is 0.126. The summed E-state index contributed by atoms with van der Waals surface area (Å²) in [5.74, 6) is -2.74. The van der Waals surface area contributed by atoms with E-state index in [1.807, 2.05) is 12.2 Å². The molecule has 0 aromatic heterocycles. The summed E-state index contributed by atoms with van der Waals surface area (Å²) in [5, 5.41) is 0. The van der Waals surface area contributed by atoms with E-state index in [0.29, 0.717) is 23.5 Å². The maximum atomic E-state index is 10.6. The summed E-state index contributed by atoms with van der Waals surface area (Å²) in [6.07, 6.45) is 3.63. The largest absolute Gasteiger partial charge is 0.401 e. The smallest absolute Gasteiger partial charge is 0.172 e. The van der Waals surface area contributed by atoms with Gasteiger partial charge in [-0.15, -0.1) is 92.8 Å². The van der Waals surface area contributed by atoms with E-state index >= 15 is 0 Å². The zero-order chi connectivity index (χ0) is 23.3. The van der Waals surface area contributed by atoms with Gasteiger partial charge < -0.3 is 0 Å². The maximum Gasteiger partial charge on any atom is 0.401 e. The Kier molecular flexibility index (Phi) is 39.4. The van der Waals surface area contributed by atoms with Crippen molar-refractivity contribution in [2.75, 3.05) is 35.2 Å². The van der Waals surface area contributed by atoms with Crippen LogP contribution in [0.4, 0.5) is 8.78 Å². The highest BCUT2D eigenvalue weighted by Crippen LogP contribution is 2.22. The molecule has 0 atom stereocenters. The van der Waals surface area contributed by atoms with Gasteiger partial charge in [0.2, 0.25) is 0 Å². The molecule has 0 aliphatic rings. The van der Waals surface area contributed by atoms with E-state index in [9.17, 15) is 8.78 Å². The highest BCUT2D eigenvalue weighted by Gasteiger charge is 2.17. The Labute approximate surface area is 193 Å². The van der Waals surface area contributed by atoms with E-state index in [2.05, 4.69) is 23.2 Å². The molecule has 23 heavy (non-hydrogen) atoms. The molecule has 146 valence electrons. The Balaban J connectivity index is -0.0000000769. The molecule has 0 saturated carbocycles. The highest BCUT2D eigenvalue weighted by atomic mass is 35.5. The molecule has 0 aliphatic heterocycles. The quantitative estimate of drug-likeness (QED) is 0.244. The van der Waals surface area contributed by atoms with Crippen molar-refractivity contribution in [1.29, 1.82) is 0 Å². The van der Waals surface area contributed by atoms with Crippen LogP contribution in [0.25, 0.3) is 0 Å². The van der Waals surface area contributed by atoms with E-state index < -0.39 is 16.5 Å². The Bertz CT molecular complexity index is 278. The van der Waals surface area contributed by atoms with Gasteiger partial charge in [-0.1, -0.05) is 12.2 Å². The summed E-state index contributed by atoms with van der Waals surface area (Å²) in [6, 6.07) is 0. The summed E-state index contributed by atoms with van der Waals surface area (Å²) in [4.78, 5) is -3.78. The Morgan fingerprint density at radius 2 is 1.04 bits per heavy atom. The summed E-state index contributed by atoms with van der Waals surface area (Å²) in [6.45, 7) is 1.70. The predicted octanol–water partition coefficient (Wildman–Crippen LogP) is 8.77. The molecule has 0 aromatic rings. The fraction of sp³-hybridized carbons (Fsp3) is 0.818. The number of allylic oxidation sites excluding steroid dienone is 2. The fourth-order valence-corrected chi connectivity index (χ4v) is 0.378. The molecule has 0 N–H and O–H groups in total. The number of alkyl halides is 12. The average molecular weight is 547 g/mol. The van der Waals surface area contributed by atoms with E-state index in [1.165, 1.54) is 0 Å². The van der Waals surface area contributed by atoms with Gasteiger partial charge in [0.25, 0.3) is 0 Å². The molecule has 0 radical (unpaired) electrons. The van der Waals surface area contributed by atoms with Gasteiger partial charge in [0.05, 0.1) is 0 Å². The van der Waals surface area contributed by atoms with Crippen LogP contribution in [0.2, 0.25) is 0 Å². The molecule has 0 heterocycles. The first kappa shape index (κ1) is 25.5. The molecule has 0 bridgehead atoms. The van der Waals surface area contributed by atoms with Crippen LogP contribution in [-0.2, 0) is 0 Å². The first-order valence-corrected chi connectivity index (χ1v) is 9.64. The molecular formula is C11H18Cl10F2. The molecular weight excluding hydrogens is 525 g/mol. The Morgan fingerprint density at radius 3 is 1.09 bits per heavy atom. The lowest BCUT2D eigenvalue weighted by Crippen LogP contribution is -1.86. The van der Waals surface area contributed by atoms with E-state index in [0.717, 1.165) is 0 Å². The first-order chi connectivity index (χ1) is 11.8. The van der Waals surface area contributed by atoms with Crippen molar-refractivity contribution in [3.63, 3.8) is 0 Å². The van der Waals surface area contributed by atoms with E-state index in [4.69, 9.17) is 98.3 Å². The minimum absolute atomic E-state index is 0.222. The second-order valence-corrected chi connectivity index (χ2v) is 6.72. The zero-order valence-electron chi connectivity index (χ0n) is 15.6. The van der Waals surface area contributed by atoms with Gasteiger partial charge in [-0.2, -0.15) is 8.78 Å². The first-order valence-electron chi connectivity index (χ1n) is 7.12. The topological polar surface area (TPSA) is 0 Å². The lowest BCUT2D eigenvalue weighted by molar-refractivity contribution is 0.194. The van der Waals surface area contributed by atoms with Crippen molar-refractivity contribution >= 4 is 116 Å². The van der Waals surface area contributed by atoms with Crippen molar-refractivity contribution in [2.45, 2.75) is 16.6 Å². The van der Waals surface area contributed by atoms with Crippen LogP contribution in [0.3, 0.4) is 0 Å². The number of hydrogen-bond acceptors (Lipinski definition) is 0. The Morgan fingerprint density at radius 1 is 0.870 bits per heavy atom. The van der Waals surface area contributed by atoms with Gasteiger partial charge in [-0.25, -0.2) is 0 Å². The average Bonchev–Trinajstić information content (AvgIpc) is 2.41. The third-order valence-electron chi connectivity index (χ3n) is 0.452. The van der Waals surface area contributed by atoms with Crippen LogP contribution in [-0.4, -0.2) is 44.9 Å². The van der Waals surface area contributed by atoms with Crippen molar-refractivity contribution in [2.24, 2.45) is 0 Å².